The van der Waals surface area contributed by atoms with Gasteiger partial charge in [0.2, 0.25) is 0 Å². The first-order chi connectivity index (χ1) is 7.17. The fraction of sp³-hybridized carbons (Fsp3) is 0.700. The SMILES string of the molecule is CCN=C1CCC(C#N)N(CC(=O)O)C1. The van der Waals surface area contributed by atoms with Gasteiger partial charge >= 0.3 is 5.97 Å². The molecule has 82 valence electrons. The number of likely N-dealkylation sites (tertiary alicyclic amines) is 1. The molecule has 1 atom stereocenters. The number of aliphatic imine (C=N–C) groups is 1. The Morgan fingerprint density at radius 1 is 1.80 bits per heavy atom. The second kappa shape index (κ2) is 5.47. The first-order valence-corrected chi connectivity index (χ1v) is 5.05. The van der Waals surface area contributed by atoms with E-state index in [0.717, 1.165) is 12.1 Å². The number of rotatable bonds is 3. The Balaban J connectivity index is 2.66. The van der Waals surface area contributed by atoms with Crippen LogP contribution in [0.2, 0.25) is 0 Å². The number of nitrogens with zero attached hydrogens (tertiary/aromatic N) is 3. The molecule has 1 saturated heterocycles. The molecule has 0 aliphatic carbocycles. The van der Waals surface area contributed by atoms with Crippen molar-refractivity contribution < 1.29 is 9.90 Å². The average Bonchev–Trinajstić information content (AvgIpc) is 2.18. The topological polar surface area (TPSA) is 76.7 Å². The third-order valence-corrected chi connectivity index (χ3v) is 2.40. The first-order valence-electron chi connectivity index (χ1n) is 5.05. The lowest BCUT2D eigenvalue weighted by Crippen LogP contribution is -2.45. The highest BCUT2D eigenvalue weighted by molar-refractivity contribution is 5.87. The van der Waals surface area contributed by atoms with Gasteiger partial charge in [-0.3, -0.25) is 14.7 Å². The molecule has 15 heavy (non-hydrogen) atoms. The summed E-state index contributed by atoms with van der Waals surface area (Å²) in [5.41, 5.74) is 1.00. The highest BCUT2D eigenvalue weighted by Crippen LogP contribution is 2.14. The zero-order valence-electron chi connectivity index (χ0n) is 8.81. The van der Waals surface area contributed by atoms with Crippen LogP contribution in [0.1, 0.15) is 19.8 Å². The van der Waals surface area contributed by atoms with Crippen molar-refractivity contribution in [2.75, 3.05) is 19.6 Å². The van der Waals surface area contributed by atoms with E-state index < -0.39 is 5.97 Å². The van der Waals surface area contributed by atoms with Gasteiger partial charge in [-0.05, 0) is 19.8 Å². The maximum atomic E-state index is 10.6. The molecule has 0 aromatic heterocycles. The molecule has 0 radical (unpaired) electrons. The van der Waals surface area contributed by atoms with E-state index in [-0.39, 0.29) is 12.6 Å². The van der Waals surface area contributed by atoms with E-state index in [4.69, 9.17) is 10.4 Å². The zero-order valence-corrected chi connectivity index (χ0v) is 8.81. The van der Waals surface area contributed by atoms with E-state index in [9.17, 15) is 4.79 Å². The Hall–Kier alpha value is -1.41. The minimum atomic E-state index is -0.895. The molecule has 1 aliphatic rings. The maximum absolute atomic E-state index is 10.6. The molecule has 1 unspecified atom stereocenters. The quantitative estimate of drug-likeness (QED) is 0.735. The van der Waals surface area contributed by atoms with Gasteiger partial charge in [0, 0.05) is 18.8 Å². The fourth-order valence-corrected chi connectivity index (χ4v) is 1.75. The average molecular weight is 209 g/mol. The zero-order chi connectivity index (χ0) is 11.3. The van der Waals surface area contributed by atoms with Crippen molar-refractivity contribution in [3.05, 3.63) is 0 Å². The van der Waals surface area contributed by atoms with Crippen molar-refractivity contribution in [3.8, 4) is 6.07 Å². The van der Waals surface area contributed by atoms with Crippen LogP contribution in [-0.2, 0) is 4.79 Å². The van der Waals surface area contributed by atoms with Crippen LogP contribution in [0, 0.1) is 11.3 Å². The second-order valence-corrected chi connectivity index (χ2v) is 3.52. The third kappa shape index (κ3) is 3.33. The van der Waals surface area contributed by atoms with Crippen LogP contribution >= 0.6 is 0 Å². The van der Waals surface area contributed by atoms with Gasteiger partial charge < -0.3 is 5.11 Å². The van der Waals surface area contributed by atoms with Crippen LogP contribution in [0.4, 0.5) is 0 Å². The number of carbonyl (C=O) groups is 1. The molecule has 5 heteroatoms. The van der Waals surface area contributed by atoms with Gasteiger partial charge in [0.05, 0.1) is 18.7 Å². The second-order valence-electron chi connectivity index (χ2n) is 3.52. The van der Waals surface area contributed by atoms with E-state index in [1.165, 1.54) is 0 Å². The lowest BCUT2D eigenvalue weighted by atomic mass is 10.0. The Labute approximate surface area is 89.0 Å². The van der Waals surface area contributed by atoms with Crippen LogP contribution in [0.5, 0.6) is 0 Å². The van der Waals surface area contributed by atoms with Crippen molar-refractivity contribution in [2.24, 2.45) is 4.99 Å². The fourth-order valence-electron chi connectivity index (χ4n) is 1.75. The van der Waals surface area contributed by atoms with E-state index in [1.54, 1.807) is 4.90 Å². The molecule has 0 saturated carbocycles. The molecular weight excluding hydrogens is 194 g/mol. The Kier molecular flexibility index (Phi) is 4.25. The predicted octanol–water partition coefficient (Wildman–Crippen LogP) is 0.520. The number of aliphatic carboxylic acids is 1. The number of hydrogen-bond acceptors (Lipinski definition) is 4. The third-order valence-electron chi connectivity index (χ3n) is 2.40. The van der Waals surface area contributed by atoms with Crippen molar-refractivity contribution in [3.63, 3.8) is 0 Å². The highest BCUT2D eigenvalue weighted by atomic mass is 16.4. The summed E-state index contributed by atoms with van der Waals surface area (Å²) in [6.45, 7) is 3.09. The largest absolute Gasteiger partial charge is 0.480 e. The summed E-state index contributed by atoms with van der Waals surface area (Å²) in [6.07, 6.45) is 1.49. The normalized spacial score (nSPS) is 25.1. The lowest BCUT2D eigenvalue weighted by Gasteiger charge is -2.30. The standard InChI is InChI=1S/C10H15N3O2/c1-2-12-8-3-4-9(5-11)13(6-8)7-10(14)15/h9H,2-4,6-7H2,1H3,(H,14,15). The summed E-state index contributed by atoms with van der Waals surface area (Å²) in [4.78, 5) is 16.6. The molecule has 1 aliphatic heterocycles. The molecule has 1 fully saturated rings. The molecule has 1 heterocycles. The van der Waals surface area contributed by atoms with E-state index in [1.807, 2.05) is 6.92 Å². The molecule has 0 bridgehead atoms. The van der Waals surface area contributed by atoms with Crippen LogP contribution in [0.15, 0.2) is 4.99 Å². The van der Waals surface area contributed by atoms with Crippen LogP contribution in [0.25, 0.3) is 0 Å². The summed E-state index contributed by atoms with van der Waals surface area (Å²) in [6, 6.07) is 1.85. The van der Waals surface area contributed by atoms with Gasteiger partial charge in [-0.15, -0.1) is 0 Å². The van der Waals surface area contributed by atoms with Crippen molar-refractivity contribution >= 4 is 11.7 Å². The minimum absolute atomic E-state index is 0.0824. The van der Waals surface area contributed by atoms with Crippen LogP contribution < -0.4 is 0 Å². The summed E-state index contributed by atoms with van der Waals surface area (Å²) < 4.78 is 0. The molecule has 0 aromatic rings. The lowest BCUT2D eigenvalue weighted by molar-refractivity contribution is -0.138. The van der Waals surface area contributed by atoms with Crippen molar-refractivity contribution in [1.82, 2.24) is 4.90 Å². The Morgan fingerprint density at radius 3 is 3.07 bits per heavy atom. The summed E-state index contributed by atoms with van der Waals surface area (Å²) in [5, 5.41) is 17.6. The molecule has 1 N–H and O–H groups in total. The van der Waals surface area contributed by atoms with Crippen molar-refractivity contribution in [1.29, 1.82) is 5.26 Å². The van der Waals surface area contributed by atoms with Crippen molar-refractivity contribution in [2.45, 2.75) is 25.8 Å². The van der Waals surface area contributed by atoms with Crippen LogP contribution in [-0.4, -0.2) is 47.4 Å². The number of hydrogen-bond donors (Lipinski definition) is 1. The summed E-state index contributed by atoms with van der Waals surface area (Å²) >= 11 is 0. The smallest absolute Gasteiger partial charge is 0.317 e. The number of nitriles is 1. The van der Waals surface area contributed by atoms with Gasteiger partial charge in [0.15, 0.2) is 0 Å². The molecule has 5 nitrogen and oxygen atoms in total. The number of piperidine rings is 1. The van der Waals surface area contributed by atoms with Gasteiger partial charge in [-0.2, -0.15) is 5.26 Å². The van der Waals surface area contributed by atoms with E-state index >= 15 is 0 Å². The number of carboxylic acid groups (broad SMARTS) is 1. The molecule has 0 spiro atoms. The monoisotopic (exact) mass is 209 g/mol. The van der Waals surface area contributed by atoms with Crippen LogP contribution in [0.3, 0.4) is 0 Å². The highest BCUT2D eigenvalue weighted by Gasteiger charge is 2.26. The maximum Gasteiger partial charge on any atom is 0.317 e. The molecular formula is C10H15N3O2. The van der Waals surface area contributed by atoms with Gasteiger partial charge in [0.25, 0.3) is 0 Å². The van der Waals surface area contributed by atoms with E-state index in [0.29, 0.717) is 19.5 Å². The van der Waals surface area contributed by atoms with E-state index in [2.05, 4.69) is 11.1 Å². The van der Waals surface area contributed by atoms with Gasteiger partial charge in [-0.1, -0.05) is 0 Å². The predicted molar refractivity (Wildman–Crippen MR) is 55.8 cm³/mol. The Morgan fingerprint density at radius 2 is 2.53 bits per heavy atom. The Bertz CT molecular complexity index is 306. The van der Waals surface area contributed by atoms with Gasteiger partial charge in [0.1, 0.15) is 0 Å². The minimum Gasteiger partial charge on any atom is -0.480 e. The molecule has 0 amide bonds. The number of carboxylic acids is 1. The first kappa shape index (κ1) is 11.7. The van der Waals surface area contributed by atoms with Gasteiger partial charge in [-0.25, -0.2) is 0 Å². The summed E-state index contributed by atoms with van der Waals surface area (Å²) in [7, 11) is 0. The molecule has 0 aromatic carbocycles. The summed E-state index contributed by atoms with van der Waals surface area (Å²) in [5.74, 6) is -0.895. The molecule has 1 rings (SSSR count).